The van der Waals surface area contributed by atoms with Crippen LogP contribution < -0.4 is 4.74 Å². The van der Waals surface area contributed by atoms with Crippen molar-refractivity contribution in [3.8, 4) is 5.75 Å². The molecule has 2 heteroatoms. The van der Waals surface area contributed by atoms with Gasteiger partial charge in [-0.1, -0.05) is 40.2 Å². The third kappa shape index (κ3) is 2.15. The minimum Gasteiger partial charge on any atom is -0.497 e. The molecule has 0 saturated carbocycles. The molecule has 0 fully saturated rings. The predicted octanol–water partition coefficient (Wildman–Crippen LogP) is 3.79. The molecule has 0 aliphatic heterocycles. The second-order valence-electron chi connectivity index (χ2n) is 3.44. The normalized spacial score (nSPS) is 10.5. The largest absolute Gasteiger partial charge is 0.497 e. The summed E-state index contributed by atoms with van der Waals surface area (Å²) in [6.07, 6.45) is 1.06. The van der Waals surface area contributed by atoms with Crippen LogP contribution in [0, 0.1) is 0 Å². The van der Waals surface area contributed by atoms with Gasteiger partial charge in [0.1, 0.15) is 5.75 Å². The summed E-state index contributed by atoms with van der Waals surface area (Å²) in [5, 5.41) is 3.56. The Morgan fingerprint density at radius 3 is 2.80 bits per heavy atom. The Labute approximate surface area is 98.2 Å². The molecule has 78 valence electrons. The number of alkyl halides is 1. The zero-order chi connectivity index (χ0) is 10.7. The molecule has 0 amide bonds. The van der Waals surface area contributed by atoms with Crippen LogP contribution in [0.15, 0.2) is 36.4 Å². The van der Waals surface area contributed by atoms with Gasteiger partial charge >= 0.3 is 0 Å². The number of fused-ring (bicyclic) bond motifs is 1. The van der Waals surface area contributed by atoms with E-state index >= 15 is 0 Å². The smallest absolute Gasteiger partial charge is 0.119 e. The van der Waals surface area contributed by atoms with E-state index in [0.717, 1.165) is 17.5 Å². The lowest BCUT2D eigenvalue weighted by Crippen LogP contribution is -1.89. The monoisotopic (exact) mass is 264 g/mol. The number of rotatable bonds is 3. The van der Waals surface area contributed by atoms with Gasteiger partial charge < -0.3 is 4.74 Å². The van der Waals surface area contributed by atoms with E-state index in [-0.39, 0.29) is 0 Å². The first-order chi connectivity index (χ1) is 7.35. The lowest BCUT2D eigenvalue weighted by atomic mass is 10.0. The molecule has 0 unspecified atom stereocenters. The Kier molecular flexibility index (Phi) is 3.27. The van der Waals surface area contributed by atoms with E-state index < -0.39 is 0 Å². The van der Waals surface area contributed by atoms with Crippen molar-refractivity contribution in [1.29, 1.82) is 0 Å². The molecule has 0 aromatic heterocycles. The molecular weight excluding hydrogens is 252 g/mol. The molecule has 0 atom stereocenters. The summed E-state index contributed by atoms with van der Waals surface area (Å²) in [6, 6.07) is 12.6. The Hall–Kier alpha value is -1.02. The Morgan fingerprint density at radius 2 is 2.07 bits per heavy atom. The van der Waals surface area contributed by atoms with E-state index in [9.17, 15) is 0 Å². The molecule has 0 radical (unpaired) electrons. The van der Waals surface area contributed by atoms with Crippen molar-refractivity contribution in [2.75, 3.05) is 12.4 Å². The molecule has 0 spiro atoms. The molecule has 0 heterocycles. The van der Waals surface area contributed by atoms with Crippen LogP contribution >= 0.6 is 15.9 Å². The average molecular weight is 265 g/mol. The minimum atomic E-state index is 0.915. The third-order valence-corrected chi connectivity index (χ3v) is 2.94. The van der Waals surface area contributed by atoms with Crippen LogP contribution in [-0.2, 0) is 6.42 Å². The molecule has 2 rings (SSSR count). The Morgan fingerprint density at radius 1 is 1.20 bits per heavy atom. The molecule has 0 saturated heterocycles. The van der Waals surface area contributed by atoms with Gasteiger partial charge in [-0.25, -0.2) is 0 Å². The van der Waals surface area contributed by atoms with E-state index in [2.05, 4.69) is 46.3 Å². The third-order valence-electron chi connectivity index (χ3n) is 2.54. The molecule has 15 heavy (non-hydrogen) atoms. The molecule has 2 aromatic carbocycles. The maximum atomic E-state index is 5.21. The molecule has 0 aliphatic rings. The van der Waals surface area contributed by atoms with Crippen LogP contribution in [0.2, 0.25) is 0 Å². The number of benzene rings is 2. The van der Waals surface area contributed by atoms with Gasteiger partial charge in [0.25, 0.3) is 0 Å². The molecule has 0 N–H and O–H groups in total. The van der Waals surface area contributed by atoms with Crippen LogP contribution in [0.4, 0.5) is 0 Å². The summed E-state index contributed by atoms with van der Waals surface area (Å²) in [5.74, 6) is 0.915. The lowest BCUT2D eigenvalue weighted by molar-refractivity contribution is 0.415. The summed E-state index contributed by atoms with van der Waals surface area (Å²) < 4.78 is 5.21. The van der Waals surface area contributed by atoms with Gasteiger partial charge in [0.15, 0.2) is 0 Å². The molecule has 2 aromatic rings. The van der Waals surface area contributed by atoms with Crippen molar-refractivity contribution in [2.24, 2.45) is 0 Å². The fraction of sp³-hybridized carbons (Fsp3) is 0.231. The van der Waals surface area contributed by atoms with Crippen molar-refractivity contribution in [1.82, 2.24) is 0 Å². The number of aryl methyl sites for hydroxylation is 1. The van der Waals surface area contributed by atoms with Gasteiger partial charge in [0, 0.05) is 5.33 Å². The quantitative estimate of drug-likeness (QED) is 0.767. The van der Waals surface area contributed by atoms with E-state index in [4.69, 9.17) is 4.74 Å². The fourth-order valence-electron chi connectivity index (χ4n) is 1.78. The summed E-state index contributed by atoms with van der Waals surface area (Å²) in [6.45, 7) is 0. The second kappa shape index (κ2) is 4.67. The topological polar surface area (TPSA) is 9.23 Å². The summed E-state index contributed by atoms with van der Waals surface area (Å²) in [5.41, 5.74) is 1.38. The minimum absolute atomic E-state index is 0.915. The summed E-state index contributed by atoms with van der Waals surface area (Å²) in [4.78, 5) is 0. The summed E-state index contributed by atoms with van der Waals surface area (Å²) >= 11 is 3.48. The van der Waals surface area contributed by atoms with E-state index in [0.29, 0.717) is 0 Å². The molecule has 0 aliphatic carbocycles. The SMILES string of the molecule is COc1ccc2c(CCBr)cccc2c1. The van der Waals surface area contributed by atoms with Crippen molar-refractivity contribution >= 4 is 26.7 Å². The summed E-state index contributed by atoms with van der Waals surface area (Å²) in [7, 11) is 1.70. The van der Waals surface area contributed by atoms with Crippen molar-refractivity contribution in [3.63, 3.8) is 0 Å². The number of hydrogen-bond donors (Lipinski definition) is 0. The number of halogens is 1. The highest BCUT2D eigenvalue weighted by Gasteiger charge is 2.01. The van der Waals surface area contributed by atoms with E-state index in [1.165, 1.54) is 16.3 Å². The van der Waals surface area contributed by atoms with Crippen LogP contribution in [0.5, 0.6) is 5.75 Å². The van der Waals surface area contributed by atoms with Crippen LogP contribution in [0.25, 0.3) is 10.8 Å². The number of methoxy groups -OCH3 is 1. The van der Waals surface area contributed by atoms with Gasteiger partial charge in [-0.05, 0) is 34.9 Å². The van der Waals surface area contributed by atoms with Gasteiger partial charge in [-0.3, -0.25) is 0 Å². The highest BCUT2D eigenvalue weighted by molar-refractivity contribution is 9.09. The zero-order valence-electron chi connectivity index (χ0n) is 8.66. The number of hydrogen-bond acceptors (Lipinski definition) is 1. The lowest BCUT2D eigenvalue weighted by Gasteiger charge is -2.06. The first kappa shape index (κ1) is 10.5. The zero-order valence-corrected chi connectivity index (χ0v) is 10.3. The first-order valence-corrected chi connectivity index (χ1v) is 6.09. The predicted molar refractivity (Wildman–Crippen MR) is 68.0 cm³/mol. The molecule has 1 nitrogen and oxygen atoms in total. The van der Waals surface area contributed by atoms with E-state index in [1.807, 2.05) is 6.07 Å². The molecule has 0 bridgehead atoms. The van der Waals surface area contributed by atoms with Crippen molar-refractivity contribution in [3.05, 3.63) is 42.0 Å². The van der Waals surface area contributed by atoms with Crippen molar-refractivity contribution < 1.29 is 4.74 Å². The van der Waals surface area contributed by atoms with Crippen LogP contribution in [-0.4, -0.2) is 12.4 Å². The van der Waals surface area contributed by atoms with Gasteiger partial charge in [0.2, 0.25) is 0 Å². The van der Waals surface area contributed by atoms with Crippen LogP contribution in [0.3, 0.4) is 0 Å². The van der Waals surface area contributed by atoms with Gasteiger partial charge in [-0.15, -0.1) is 0 Å². The second-order valence-corrected chi connectivity index (χ2v) is 4.24. The van der Waals surface area contributed by atoms with Crippen molar-refractivity contribution in [2.45, 2.75) is 6.42 Å². The first-order valence-electron chi connectivity index (χ1n) is 4.97. The molecular formula is C13H13BrO. The Balaban J connectivity index is 2.56. The maximum absolute atomic E-state index is 5.21. The maximum Gasteiger partial charge on any atom is 0.119 e. The highest BCUT2D eigenvalue weighted by Crippen LogP contribution is 2.24. The number of ether oxygens (including phenoxy) is 1. The fourth-order valence-corrected chi connectivity index (χ4v) is 2.20. The standard InChI is InChI=1S/C13H13BrO/c1-15-12-5-6-13-10(7-8-14)3-2-4-11(13)9-12/h2-6,9H,7-8H2,1H3. The van der Waals surface area contributed by atoms with Gasteiger partial charge in [0.05, 0.1) is 7.11 Å². The Bertz CT molecular complexity index is 465. The van der Waals surface area contributed by atoms with E-state index in [1.54, 1.807) is 7.11 Å². The highest BCUT2D eigenvalue weighted by atomic mass is 79.9. The van der Waals surface area contributed by atoms with Crippen LogP contribution in [0.1, 0.15) is 5.56 Å². The van der Waals surface area contributed by atoms with Gasteiger partial charge in [-0.2, -0.15) is 0 Å². The average Bonchev–Trinajstić information content (AvgIpc) is 2.29.